The van der Waals surface area contributed by atoms with Crippen molar-refractivity contribution in [3.8, 4) is 0 Å². The topological polar surface area (TPSA) is 43.8 Å². The van der Waals surface area contributed by atoms with E-state index in [4.69, 9.17) is 5.11 Å². The van der Waals surface area contributed by atoms with Crippen molar-refractivity contribution in [1.82, 2.24) is 4.90 Å². The van der Waals surface area contributed by atoms with Crippen LogP contribution in [0.5, 0.6) is 0 Å². The first-order valence-electron chi connectivity index (χ1n) is 7.17. The van der Waals surface area contributed by atoms with E-state index in [2.05, 4.69) is 25.7 Å². The summed E-state index contributed by atoms with van der Waals surface area (Å²) in [6.45, 7) is 4.56. The molecule has 0 saturated carbocycles. The zero-order chi connectivity index (χ0) is 14.1. The molecule has 1 unspecified atom stereocenters. The normalized spacial score (nSPS) is 23.4. The molecule has 108 valence electrons. The van der Waals surface area contributed by atoms with Gasteiger partial charge in [-0.1, -0.05) is 0 Å². The third-order valence-corrected chi connectivity index (χ3v) is 4.99. The first-order chi connectivity index (χ1) is 9.65. The van der Waals surface area contributed by atoms with Crippen LogP contribution < -0.4 is 4.90 Å². The molecule has 1 aromatic carbocycles. The van der Waals surface area contributed by atoms with Gasteiger partial charge in [0.05, 0.1) is 11.3 Å². The molecule has 5 heteroatoms. The Bertz CT molecular complexity index is 515. The number of nitrogens with zero attached hydrogens (tertiary/aromatic N) is 2. The van der Waals surface area contributed by atoms with Gasteiger partial charge in [-0.05, 0) is 66.5 Å². The predicted octanol–water partition coefficient (Wildman–Crippen LogP) is 2.82. The third kappa shape index (κ3) is 2.69. The quantitative estimate of drug-likeness (QED) is 0.920. The largest absolute Gasteiger partial charge is 0.478 e. The molecule has 4 nitrogen and oxygen atoms in total. The summed E-state index contributed by atoms with van der Waals surface area (Å²) < 4.78 is 0.875. The maximum atomic E-state index is 11.0. The number of halogens is 1. The van der Waals surface area contributed by atoms with Crippen LogP contribution in [0.25, 0.3) is 0 Å². The number of hydrogen-bond acceptors (Lipinski definition) is 3. The average molecular weight is 339 g/mol. The van der Waals surface area contributed by atoms with Gasteiger partial charge in [-0.2, -0.15) is 0 Å². The van der Waals surface area contributed by atoms with Gasteiger partial charge in [0, 0.05) is 23.6 Å². The van der Waals surface area contributed by atoms with E-state index in [1.54, 1.807) is 12.1 Å². The lowest BCUT2D eigenvalue weighted by Crippen LogP contribution is -2.35. The summed E-state index contributed by atoms with van der Waals surface area (Å²) >= 11 is 3.51. The summed E-state index contributed by atoms with van der Waals surface area (Å²) in [5, 5.41) is 9.01. The highest BCUT2D eigenvalue weighted by Gasteiger charge is 2.30. The Hall–Kier alpha value is -1.07. The van der Waals surface area contributed by atoms with Crippen LogP contribution in [0.2, 0.25) is 0 Å². The number of aromatic carboxylic acids is 1. The molecule has 1 aromatic rings. The highest BCUT2D eigenvalue weighted by molar-refractivity contribution is 9.10. The Morgan fingerprint density at radius 1 is 1.25 bits per heavy atom. The number of hydrogen-bond donors (Lipinski definition) is 1. The molecule has 2 saturated heterocycles. The SMILES string of the molecule is O=C(O)c1ccc(N2CCC(N3CCCC3)C2)c(Br)c1. The standard InChI is InChI=1S/C15H19BrN2O2/c16-13-9-11(15(19)20)3-4-14(13)18-8-5-12(10-18)17-6-1-2-7-17/h3-4,9,12H,1-2,5-8,10H2,(H,19,20). The number of carboxylic acids is 1. The minimum absolute atomic E-state index is 0.330. The number of likely N-dealkylation sites (tertiary alicyclic amines) is 1. The lowest BCUT2D eigenvalue weighted by molar-refractivity contribution is 0.0697. The molecule has 0 aromatic heterocycles. The van der Waals surface area contributed by atoms with Crippen molar-refractivity contribution in [2.45, 2.75) is 25.3 Å². The summed E-state index contributed by atoms with van der Waals surface area (Å²) in [5.41, 5.74) is 1.44. The van der Waals surface area contributed by atoms with Gasteiger partial charge in [0.2, 0.25) is 0 Å². The fourth-order valence-electron chi connectivity index (χ4n) is 3.26. The maximum Gasteiger partial charge on any atom is 0.335 e. The van der Waals surface area contributed by atoms with Gasteiger partial charge >= 0.3 is 5.97 Å². The zero-order valence-corrected chi connectivity index (χ0v) is 13.0. The number of rotatable bonds is 3. The van der Waals surface area contributed by atoms with Crippen LogP contribution in [0.1, 0.15) is 29.6 Å². The Morgan fingerprint density at radius 2 is 2.00 bits per heavy atom. The summed E-state index contributed by atoms with van der Waals surface area (Å²) in [4.78, 5) is 15.9. The molecule has 1 N–H and O–H groups in total. The van der Waals surface area contributed by atoms with Gasteiger partial charge in [-0.25, -0.2) is 4.79 Å². The number of anilines is 1. The Morgan fingerprint density at radius 3 is 2.65 bits per heavy atom. The van der Waals surface area contributed by atoms with Gasteiger partial charge in [-0.3, -0.25) is 4.90 Å². The van der Waals surface area contributed by atoms with Crippen molar-refractivity contribution >= 4 is 27.6 Å². The van der Waals surface area contributed by atoms with Crippen molar-refractivity contribution in [2.24, 2.45) is 0 Å². The molecule has 0 amide bonds. The number of carboxylic acid groups (broad SMARTS) is 1. The molecular weight excluding hydrogens is 320 g/mol. The van der Waals surface area contributed by atoms with Crippen LogP contribution in [0.4, 0.5) is 5.69 Å². The molecule has 0 spiro atoms. The van der Waals surface area contributed by atoms with Crippen molar-refractivity contribution in [3.05, 3.63) is 28.2 Å². The third-order valence-electron chi connectivity index (χ3n) is 4.36. The van der Waals surface area contributed by atoms with Crippen molar-refractivity contribution in [1.29, 1.82) is 0 Å². The monoisotopic (exact) mass is 338 g/mol. The van der Waals surface area contributed by atoms with Crippen LogP contribution in [-0.2, 0) is 0 Å². The smallest absolute Gasteiger partial charge is 0.335 e. The minimum atomic E-state index is -0.881. The fraction of sp³-hybridized carbons (Fsp3) is 0.533. The lowest BCUT2D eigenvalue weighted by Gasteiger charge is -2.25. The number of carbonyl (C=O) groups is 1. The molecule has 2 aliphatic heterocycles. The van der Waals surface area contributed by atoms with E-state index in [-0.39, 0.29) is 0 Å². The highest BCUT2D eigenvalue weighted by atomic mass is 79.9. The van der Waals surface area contributed by atoms with Crippen LogP contribution >= 0.6 is 15.9 Å². The van der Waals surface area contributed by atoms with E-state index in [1.165, 1.54) is 32.4 Å². The van der Waals surface area contributed by atoms with Crippen LogP contribution in [0.3, 0.4) is 0 Å². The molecule has 0 radical (unpaired) electrons. The molecule has 20 heavy (non-hydrogen) atoms. The van der Waals surface area contributed by atoms with Crippen LogP contribution in [0.15, 0.2) is 22.7 Å². The van der Waals surface area contributed by atoms with Gasteiger partial charge in [0.1, 0.15) is 0 Å². The first-order valence-corrected chi connectivity index (χ1v) is 7.96. The molecule has 2 fully saturated rings. The van der Waals surface area contributed by atoms with Crippen LogP contribution in [0, 0.1) is 0 Å². The van der Waals surface area contributed by atoms with Gasteiger partial charge in [0.15, 0.2) is 0 Å². The van der Waals surface area contributed by atoms with E-state index in [9.17, 15) is 4.79 Å². The summed E-state index contributed by atoms with van der Waals surface area (Å²) in [7, 11) is 0. The summed E-state index contributed by atoms with van der Waals surface area (Å²) in [5.74, 6) is -0.881. The van der Waals surface area contributed by atoms with E-state index >= 15 is 0 Å². The minimum Gasteiger partial charge on any atom is -0.478 e. The fourth-order valence-corrected chi connectivity index (χ4v) is 3.89. The second kappa shape index (κ2) is 5.74. The molecular formula is C15H19BrN2O2. The Balaban J connectivity index is 1.72. The highest BCUT2D eigenvalue weighted by Crippen LogP contribution is 2.31. The average Bonchev–Trinajstić information content (AvgIpc) is 3.09. The van der Waals surface area contributed by atoms with E-state index in [0.29, 0.717) is 11.6 Å². The second-order valence-corrected chi connectivity index (χ2v) is 6.46. The van der Waals surface area contributed by atoms with Crippen molar-refractivity contribution in [3.63, 3.8) is 0 Å². The molecule has 2 aliphatic rings. The van der Waals surface area contributed by atoms with Crippen molar-refractivity contribution in [2.75, 3.05) is 31.1 Å². The molecule has 1 atom stereocenters. The van der Waals surface area contributed by atoms with Crippen molar-refractivity contribution < 1.29 is 9.90 Å². The molecule has 3 rings (SSSR count). The first kappa shape index (κ1) is 13.9. The molecule has 0 bridgehead atoms. The van der Waals surface area contributed by atoms with Crippen LogP contribution in [-0.4, -0.2) is 48.2 Å². The zero-order valence-electron chi connectivity index (χ0n) is 11.4. The maximum absolute atomic E-state index is 11.0. The van der Waals surface area contributed by atoms with Gasteiger partial charge < -0.3 is 10.0 Å². The summed E-state index contributed by atoms with van der Waals surface area (Å²) in [6, 6.07) is 5.95. The van der Waals surface area contributed by atoms with Gasteiger partial charge in [-0.15, -0.1) is 0 Å². The van der Waals surface area contributed by atoms with E-state index < -0.39 is 5.97 Å². The van der Waals surface area contributed by atoms with E-state index in [0.717, 1.165) is 23.2 Å². The second-order valence-electron chi connectivity index (χ2n) is 5.60. The summed E-state index contributed by atoms with van der Waals surface area (Å²) in [6.07, 6.45) is 3.86. The number of benzene rings is 1. The predicted molar refractivity (Wildman–Crippen MR) is 82.5 cm³/mol. The Kier molecular flexibility index (Phi) is 3.98. The lowest BCUT2D eigenvalue weighted by atomic mass is 10.2. The van der Waals surface area contributed by atoms with Gasteiger partial charge in [0.25, 0.3) is 0 Å². The van der Waals surface area contributed by atoms with E-state index in [1.807, 2.05) is 6.07 Å². The molecule has 0 aliphatic carbocycles. The molecule has 2 heterocycles. The Labute approximate surface area is 127 Å².